The number of hydrogen-bond acceptors (Lipinski definition) is 3. The minimum atomic E-state index is 0.178. The van der Waals surface area contributed by atoms with Crippen LogP contribution in [0.25, 0.3) is 0 Å². The first-order valence-corrected chi connectivity index (χ1v) is 7.60. The number of ether oxygens (including phenoxy) is 1. The van der Waals surface area contributed by atoms with Crippen LogP contribution in [0.4, 0.5) is 0 Å². The van der Waals surface area contributed by atoms with Crippen LogP contribution in [0, 0.1) is 0 Å². The summed E-state index contributed by atoms with van der Waals surface area (Å²) in [5.41, 5.74) is 2.86. The predicted octanol–water partition coefficient (Wildman–Crippen LogP) is 2.88. The molecule has 0 radical (unpaired) electrons. The zero-order valence-corrected chi connectivity index (χ0v) is 13.4. The highest BCUT2D eigenvalue weighted by Gasteiger charge is 2.18. The summed E-state index contributed by atoms with van der Waals surface area (Å²) >= 11 is 0. The van der Waals surface area contributed by atoms with Crippen molar-refractivity contribution in [1.82, 2.24) is 10.6 Å². The van der Waals surface area contributed by atoms with E-state index in [0.717, 1.165) is 25.3 Å². The molecule has 2 unspecified atom stereocenters. The molecule has 3 nitrogen and oxygen atoms in total. The molecule has 0 saturated carbocycles. The van der Waals surface area contributed by atoms with E-state index in [2.05, 4.69) is 63.5 Å². The van der Waals surface area contributed by atoms with Crippen LogP contribution in [0.15, 0.2) is 18.2 Å². The molecule has 0 spiro atoms. The van der Waals surface area contributed by atoms with Crippen LogP contribution in [0.2, 0.25) is 0 Å². The minimum Gasteiger partial charge on any atom is -0.490 e. The summed E-state index contributed by atoms with van der Waals surface area (Å²) in [6.07, 6.45) is 1.35. The fourth-order valence-corrected chi connectivity index (χ4v) is 2.41. The van der Waals surface area contributed by atoms with Crippen LogP contribution in [-0.2, 0) is 13.0 Å². The predicted molar refractivity (Wildman–Crippen MR) is 84.3 cm³/mol. The lowest BCUT2D eigenvalue weighted by Crippen LogP contribution is -2.44. The standard InChI is InChI=1S/C17H28N2O/c1-12(10-19-17(3,4)5)18-11-14-6-7-16-15(9-14)8-13(2)20-16/h6-7,9,12-13,18-19H,8,10-11H2,1-5H3. The molecular formula is C17H28N2O. The normalized spacial score (nSPS) is 19.6. The minimum absolute atomic E-state index is 0.178. The van der Waals surface area contributed by atoms with Gasteiger partial charge in [0.25, 0.3) is 0 Å². The summed E-state index contributed by atoms with van der Waals surface area (Å²) in [4.78, 5) is 0. The molecule has 20 heavy (non-hydrogen) atoms. The molecule has 2 N–H and O–H groups in total. The first-order valence-electron chi connectivity index (χ1n) is 7.60. The van der Waals surface area contributed by atoms with Gasteiger partial charge in [-0.25, -0.2) is 0 Å². The Morgan fingerprint density at radius 1 is 1.35 bits per heavy atom. The third-order valence-electron chi connectivity index (χ3n) is 3.55. The summed E-state index contributed by atoms with van der Waals surface area (Å²) < 4.78 is 5.73. The number of rotatable bonds is 5. The van der Waals surface area contributed by atoms with Crippen LogP contribution in [0.5, 0.6) is 5.75 Å². The molecule has 0 aliphatic carbocycles. The summed E-state index contributed by atoms with van der Waals surface area (Å²) in [6.45, 7) is 12.8. The van der Waals surface area contributed by atoms with Gasteiger partial charge in [0.2, 0.25) is 0 Å². The van der Waals surface area contributed by atoms with Crippen molar-refractivity contribution in [2.75, 3.05) is 6.54 Å². The topological polar surface area (TPSA) is 33.3 Å². The van der Waals surface area contributed by atoms with Gasteiger partial charge in [0.1, 0.15) is 11.9 Å². The third kappa shape index (κ3) is 4.50. The number of fused-ring (bicyclic) bond motifs is 1. The molecule has 0 fully saturated rings. The van der Waals surface area contributed by atoms with Gasteiger partial charge in [0.05, 0.1) is 0 Å². The van der Waals surface area contributed by atoms with Gasteiger partial charge in [-0.05, 0) is 51.8 Å². The first-order chi connectivity index (χ1) is 9.33. The Morgan fingerprint density at radius 2 is 2.10 bits per heavy atom. The van der Waals surface area contributed by atoms with Gasteiger partial charge in [0, 0.05) is 31.1 Å². The van der Waals surface area contributed by atoms with E-state index in [1.54, 1.807) is 0 Å². The summed E-state index contributed by atoms with van der Waals surface area (Å²) in [5, 5.41) is 7.09. The maximum atomic E-state index is 5.73. The maximum Gasteiger partial charge on any atom is 0.123 e. The Hall–Kier alpha value is -1.06. The van der Waals surface area contributed by atoms with E-state index in [1.165, 1.54) is 11.1 Å². The number of hydrogen-bond donors (Lipinski definition) is 2. The van der Waals surface area contributed by atoms with Crippen molar-refractivity contribution in [2.45, 2.75) is 65.3 Å². The average Bonchev–Trinajstić information content (AvgIpc) is 2.72. The van der Waals surface area contributed by atoms with Crippen molar-refractivity contribution in [1.29, 1.82) is 0 Å². The highest BCUT2D eigenvalue weighted by atomic mass is 16.5. The summed E-state index contributed by atoms with van der Waals surface area (Å²) in [5.74, 6) is 1.06. The van der Waals surface area contributed by atoms with Gasteiger partial charge in [-0.15, -0.1) is 0 Å². The second kappa shape index (κ2) is 6.15. The molecule has 0 bridgehead atoms. The highest BCUT2D eigenvalue weighted by molar-refractivity contribution is 5.40. The summed E-state index contributed by atoms with van der Waals surface area (Å²) in [7, 11) is 0. The number of nitrogens with one attached hydrogen (secondary N) is 2. The second-order valence-corrected chi connectivity index (χ2v) is 6.99. The molecule has 1 aromatic carbocycles. The van der Waals surface area contributed by atoms with Gasteiger partial charge < -0.3 is 15.4 Å². The molecule has 1 aliphatic heterocycles. The Kier molecular flexibility index (Phi) is 4.71. The van der Waals surface area contributed by atoms with E-state index in [9.17, 15) is 0 Å². The average molecular weight is 276 g/mol. The Balaban J connectivity index is 1.81. The van der Waals surface area contributed by atoms with Gasteiger partial charge in [-0.1, -0.05) is 12.1 Å². The van der Waals surface area contributed by atoms with Crippen LogP contribution in [-0.4, -0.2) is 24.2 Å². The van der Waals surface area contributed by atoms with E-state index >= 15 is 0 Å². The third-order valence-corrected chi connectivity index (χ3v) is 3.55. The van der Waals surface area contributed by atoms with E-state index in [0.29, 0.717) is 12.1 Å². The van der Waals surface area contributed by atoms with E-state index in [4.69, 9.17) is 4.74 Å². The molecular weight excluding hydrogens is 248 g/mol. The Labute approximate surface area is 123 Å². The molecule has 1 aromatic rings. The lowest BCUT2D eigenvalue weighted by atomic mass is 10.1. The Bertz CT molecular complexity index is 451. The molecule has 1 heterocycles. The van der Waals surface area contributed by atoms with Crippen LogP contribution >= 0.6 is 0 Å². The molecule has 1 aliphatic rings. The lowest BCUT2D eigenvalue weighted by Gasteiger charge is -2.24. The molecule has 112 valence electrons. The van der Waals surface area contributed by atoms with Crippen LogP contribution in [0.3, 0.4) is 0 Å². The fourth-order valence-electron chi connectivity index (χ4n) is 2.41. The highest BCUT2D eigenvalue weighted by Crippen LogP contribution is 2.29. The quantitative estimate of drug-likeness (QED) is 0.867. The van der Waals surface area contributed by atoms with Gasteiger partial charge >= 0.3 is 0 Å². The Morgan fingerprint density at radius 3 is 2.80 bits per heavy atom. The van der Waals surface area contributed by atoms with Crippen molar-refractivity contribution in [2.24, 2.45) is 0 Å². The van der Waals surface area contributed by atoms with Gasteiger partial charge in [-0.2, -0.15) is 0 Å². The van der Waals surface area contributed by atoms with E-state index in [-0.39, 0.29) is 5.54 Å². The largest absolute Gasteiger partial charge is 0.490 e. The van der Waals surface area contributed by atoms with Gasteiger partial charge in [-0.3, -0.25) is 0 Å². The molecule has 0 aromatic heterocycles. The van der Waals surface area contributed by atoms with Crippen molar-refractivity contribution in [3.05, 3.63) is 29.3 Å². The van der Waals surface area contributed by atoms with E-state index in [1.807, 2.05) is 0 Å². The smallest absolute Gasteiger partial charge is 0.123 e. The molecule has 3 heteroatoms. The van der Waals surface area contributed by atoms with Crippen molar-refractivity contribution in [3.63, 3.8) is 0 Å². The van der Waals surface area contributed by atoms with Crippen molar-refractivity contribution in [3.8, 4) is 5.75 Å². The maximum absolute atomic E-state index is 5.73. The lowest BCUT2D eigenvalue weighted by molar-refractivity contribution is 0.254. The fraction of sp³-hybridized carbons (Fsp3) is 0.647. The summed E-state index contributed by atoms with van der Waals surface area (Å²) in [6, 6.07) is 7.00. The molecule has 2 atom stereocenters. The zero-order chi connectivity index (χ0) is 14.8. The molecule has 2 rings (SSSR count). The van der Waals surface area contributed by atoms with Gasteiger partial charge in [0.15, 0.2) is 0 Å². The second-order valence-electron chi connectivity index (χ2n) is 6.99. The van der Waals surface area contributed by atoms with Crippen molar-refractivity contribution >= 4 is 0 Å². The van der Waals surface area contributed by atoms with E-state index < -0.39 is 0 Å². The van der Waals surface area contributed by atoms with Crippen LogP contribution in [0.1, 0.15) is 45.7 Å². The molecule has 0 amide bonds. The molecule has 0 saturated heterocycles. The van der Waals surface area contributed by atoms with Crippen molar-refractivity contribution < 1.29 is 4.74 Å². The van der Waals surface area contributed by atoms with Crippen LogP contribution < -0.4 is 15.4 Å². The zero-order valence-electron chi connectivity index (χ0n) is 13.4. The monoisotopic (exact) mass is 276 g/mol. The first kappa shape index (κ1) is 15.3. The number of benzene rings is 1. The SMILES string of the molecule is CC(CNC(C)(C)C)NCc1ccc2c(c1)CC(C)O2.